The van der Waals surface area contributed by atoms with E-state index < -0.39 is 0 Å². The first kappa shape index (κ1) is 20.1. The summed E-state index contributed by atoms with van der Waals surface area (Å²) in [5.74, 6) is 0.956. The van der Waals surface area contributed by atoms with E-state index in [-0.39, 0.29) is 5.92 Å². The molecule has 0 radical (unpaired) electrons. The Bertz CT molecular complexity index is 1160. The minimum Gasteiger partial charge on any atom is -0.493 e. The van der Waals surface area contributed by atoms with E-state index in [1.807, 2.05) is 12.3 Å². The van der Waals surface area contributed by atoms with Gasteiger partial charge in [0.1, 0.15) is 6.33 Å². The molecule has 0 fully saturated rings. The van der Waals surface area contributed by atoms with Crippen molar-refractivity contribution in [2.45, 2.75) is 32.7 Å². The summed E-state index contributed by atoms with van der Waals surface area (Å²) in [6.07, 6.45) is 3.47. The third-order valence-corrected chi connectivity index (χ3v) is 5.67. The van der Waals surface area contributed by atoms with Crippen molar-refractivity contribution in [1.82, 2.24) is 29.7 Å². The highest BCUT2D eigenvalue weighted by Gasteiger charge is 2.21. The van der Waals surface area contributed by atoms with Crippen LogP contribution < -0.4 is 4.74 Å². The molecule has 30 heavy (non-hydrogen) atoms. The zero-order chi connectivity index (χ0) is 21.4. The first-order chi connectivity index (χ1) is 14.4. The van der Waals surface area contributed by atoms with Gasteiger partial charge in [0, 0.05) is 23.4 Å². The van der Waals surface area contributed by atoms with Gasteiger partial charge in [0.25, 0.3) is 0 Å². The SMILES string of the molecule is COc1cc(-c2n[nH]c(-c3ccc([C@H](C)N(C)C)cc3)c2C(C)C)cn2ncnc12. The first-order valence-electron chi connectivity index (χ1n) is 10.1. The van der Waals surface area contributed by atoms with Gasteiger partial charge in [0.05, 0.1) is 18.5 Å². The number of benzene rings is 1. The summed E-state index contributed by atoms with van der Waals surface area (Å²) in [6.45, 7) is 6.58. The Balaban J connectivity index is 1.80. The molecule has 3 heterocycles. The van der Waals surface area contributed by atoms with Gasteiger partial charge in [0.2, 0.25) is 0 Å². The molecule has 1 aromatic carbocycles. The van der Waals surface area contributed by atoms with E-state index in [4.69, 9.17) is 4.74 Å². The molecule has 3 aromatic heterocycles. The average molecular weight is 405 g/mol. The van der Waals surface area contributed by atoms with Crippen molar-refractivity contribution in [1.29, 1.82) is 0 Å². The van der Waals surface area contributed by atoms with Crippen LogP contribution in [0.5, 0.6) is 5.75 Å². The summed E-state index contributed by atoms with van der Waals surface area (Å²) < 4.78 is 7.26. The highest BCUT2D eigenvalue weighted by atomic mass is 16.5. The number of H-pyrrole nitrogens is 1. The van der Waals surface area contributed by atoms with Crippen molar-refractivity contribution >= 4 is 5.65 Å². The maximum absolute atomic E-state index is 5.53. The number of fused-ring (bicyclic) bond motifs is 1. The van der Waals surface area contributed by atoms with Crippen LogP contribution in [0, 0.1) is 0 Å². The van der Waals surface area contributed by atoms with E-state index in [1.54, 1.807) is 11.6 Å². The fraction of sp³-hybridized carbons (Fsp3) is 0.348. The smallest absolute Gasteiger partial charge is 0.197 e. The van der Waals surface area contributed by atoms with Gasteiger partial charge in [-0.2, -0.15) is 10.2 Å². The van der Waals surface area contributed by atoms with Crippen molar-refractivity contribution in [3.8, 4) is 28.3 Å². The molecule has 0 aliphatic heterocycles. The van der Waals surface area contributed by atoms with Crippen LogP contribution in [0.15, 0.2) is 42.9 Å². The van der Waals surface area contributed by atoms with Crippen LogP contribution in [0.1, 0.15) is 43.9 Å². The summed E-state index contributed by atoms with van der Waals surface area (Å²) in [5, 5.41) is 12.2. The van der Waals surface area contributed by atoms with Crippen LogP contribution in [0.2, 0.25) is 0 Å². The molecule has 7 nitrogen and oxygen atoms in total. The van der Waals surface area contributed by atoms with Crippen molar-refractivity contribution in [2.75, 3.05) is 21.2 Å². The van der Waals surface area contributed by atoms with Crippen LogP contribution in [0.25, 0.3) is 28.2 Å². The minimum absolute atomic E-state index is 0.284. The third-order valence-electron chi connectivity index (χ3n) is 5.67. The van der Waals surface area contributed by atoms with Gasteiger partial charge in [-0.05, 0) is 44.1 Å². The van der Waals surface area contributed by atoms with Crippen LogP contribution in [-0.4, -0.2) is 50.9 Å². The molecule has 1 atom stereocenters. The van der Waals surface area contributed by atoms with Crippen molar-refractivity contribution in [2.24, 2.45) is 0 Å². The second-order valence-corrected chi connectivity index (χ2v) is 8.10. The lowest BCUT2D eigenvalue weighted by Gasteiger charge is -2.20. The third kappa shape index (κ3) is 3.45. The summed E-state index contributed by atoms with van der Waals surface area (Å²) >= 11 is 0. The van der Waals surface area contributed by atoms with Crippen molar-refractivity contribution in [3.05, 3.63) is 54.0 Å². The minimum atomic E-state index is 0.284. The van der Waals surface area contributed by atoms with Gasteiger partial charge in [-0.1, -0.05) is 38.1 Å². The predicted octanol–water partition coefficient (Wildman–Crippen LogP) is 4.54. The quantitative estimate of drug-likeness (QED) is 0.511. The van der Waals surface area contributed by atoms with Crippen LogP contribution in [0.4, 0.5) is 0 Å². The van der Waals surface area contributed by atoms with Crippen LogP contribution in [0.3, 0.4) is 0 Å². The molecule has 0 aliphatic carbocycles. The topological polar surface area (TPSA) is 71.3 Å². The number of aromatic amines is 1. The molecule has 1 N–H and O–H groups in total. The molecule has 156 valence electrons. The number of methoxy groups -OCH3 is 1. The molecule has 4 rings (SSSR count). The van der Waals surface area contributed by atoms with Gasteiger partial charge in [-0.3, -0.25) is 5.10 Å². The molecule has 7 heteroatoms. The fourth-order valence-electron chi connectivity index (χ4n) is 3.75. The van der Waals surface area contributed by atoms with Crippen LogP contribution in [-0.2, 0) is 0 Å². The summed E-state index contributed by atoms with van der Waals surface area (Å²) in [5.41, 5.74) is 7.16. The van der Waals surface area contributed by atoms with Gasteiger partial charge in [0.15, 0.2) is 11.4 Å². The normalized spacial score (nSPS) is 12.8. The second-order valence-electron chi connectivity index (χ2n) is 8.10. The zero-order valence-electron chi connectivity index (χ0n) is 18.3. The lowest BCUT2D eigenvalue weighted by molar-refractivity contribution is 0.321. The Morgan fingerprint density at radius 3 is 2.43 bits per heavy atom. The molecule has 4 aromatic rings. The standard InChI is InChI=1S/C23H28N6O/c1-14(2)20-21(17-9-7-16(8-10-17)15(3)28(4)5)26-27-22(20)18-11-19(30-6)23-24-13-25-29(23)12-18/h7-15H,1-6H3,(H,26,27)/t15-/m0/s1. The maximum Gasteiger partial charge on any atom is 0.197 e. The summed E-state index contributed by atoms with van der Waals surface area (Å²) in [4.78, 5) is 6.47. The van der Waals surface area contributed by atoms with Gasteiger partial charge < -0.3 is 9.64 Å². The number of pyridine rings is 1. The number of nitrogens with zero attached hydrogens (tertiary/aromatic N) is 5. The number of hydrogen-bond donors (Lipinski definition) is 1. The Hall–Kier alpha value is -3.19. The Morgan fingerprint density at radius 1 is 1.07 bits per heavy atom. The molecule has 0 spiro atoms. The van der Waals surface area contributed by atoms with E-state index >= 15 is 0 Å². The molecule has 0 unspecified atom stereocenters. The van der Waals surface area contributed by atoms with E-state index in [2.05, 4.69) is 84.3 Å². The lowest BCUT2D eigenvalue weighted by atomic mass is 9.93. The van der Waals surface area contributed by atoms with Crippen molar-refractivity contribution < 1.29 is 4.74 Å². The summed E-state index contributed by atoms with van der Waals surface area (Å²) in [6, 6.07) is 11.0. The number of nitrogens with one attached hydrogen (secondary N) is 1. The van der Waals surface area contributed by atoms with E-state index in [1.165, 1.54) is 17.5 Å². The van der Waals surface area contributed by atoms with Gasteiger partial charge in [-0.15, -0.1) is 0 Å². The largest absolute Gasteiger partial charge is 0.493 e. The van der Waals surface area contributed by atoms with Crippen LogP contribution >= 0.6 is 0 Å². The molecule has 0 saturated carbocycles. The molecule has 0 aliphatic rings. The maximum atomic E-state index is 5.53. The summed E-state index contributed by atoms with van der Waals surface area (Å²) in [7, 11) is 5.83. The average Bonchev–Trinajstić information content (AvgIpc) is 3.39. The number of hydrogen-bond acceptors (Lipinski definition) is 5. The lowest BCUT2D eigenvalue weighted by Crippen LogP contribution is -2.16. The molecular weight excluding hydrogens is 376 g/mol. The van der Waals surface area contributed by atoms with E-state index in [9.17, 15) is 0 Å². The van der Waals surface area contributed by atoms with Gasteiger partial charge in [-0.25, -0.2) is 9.50 Å². The highest BCUT2D eigenvalue weighted by molar-refractivity contribution is 5.76. The van der Waals surface area contributed by atoms with Gasteiger partial charge >= 0.3 is 0 Å². The highest BCUT2D eigenvalue weighted by Crippen LogP contribution is 2.37. The van der Waals surface area contributed by atoms with E-state index in [0.717, 1.165) is 22.5 Å². The fourth-order valence-corrected chi connectivity index (χ4v) is 3.75. The predicted molar refractivity (Wildman–Crippen MR) is 119 cm³/mol. The Labute approximate surface area is 176 Å². The Morgan fingerprint density at radius 2 is 1.80 bits per heavy atom. The second kappa shape index (κ2) is 7.91. The van der Waals surface area contributed by atoms with Crippen molar-refractivity contribution in [3.63, 3.8) is 0 Å². The number of rotatable bonds is 6. The van der Waals surface area contributed by atoms with E-state index in [0.29, 0.717) is 17.4 Å². The molecule has 0 bridgehead atoms. The molecular formula is C23H28N6O. The number of ether oxygens (including phenoxy) is 1. The Kier molecular flexibility index (Phi) is 5.30. The molecule has 0 amide bonds. The monoisotopic (exact) mass is 404 g/mol. The molecule has 0 saturated heterocycles. The first-order valence-corrected chi connectivity index (χ1v) is 10.1. The zero-order valence-corrected chi connectivity index (χ0v) is 18.3. The number of aromatic nitrogens is 5.